The van der Waals surface area contributed by atoms with Gasteiger partial charge in [0.25, 0.3) is 0 Å². The van der Waals surface area contributed by atoms with Crippen LogP contribution in [0.25, 0.3) is 11.0 Å². The number of hydrogen-bond acceptors (Lipinski definition) is 2. The number of ether oxygens (including phenoxy) is 1. The number of fused-ring (bicyclic) bond motifs is 1. The summed E-state index contributed by atoms with van der Waals surface area (Å²) in [6.07, 6.45) is 2.55. The standard InChI is InChI=1S/C13H15IN2OS/c1-2-17-10-6-9(7-10)16-12-4-3-8(14)5-11(12)15-13(16)18/h3-5,9-10H,2,6-7H2,1H3,(H,15,18). The molecule has 1 aromatic heterocycles. The Hall–Kier alpha value is -0.400. The molecule has 0 spiro atoms. The molecule has 3 rings (SSSR count). The van der Waals surface area contributed by atoms with E-state index in [0.717, 1.165) is 29.7 Å². The maximum absolute atomic E-state index is 5.62. The van der Waals surface area contributed by atoms with Crippen molar-refractivity contribution in [2.45, 2.75) is 31.9 Å². The van der Waals surface area contributed by atoms with Gasteiger partial charge in [-0.1, -0.05) is 0 Å². The number of rotatable bonds is 3. The lowest BCUT2D eigenvalue weighted by Gasteiger charge is -2.36. The minimum absolute atomic E-state index is 0.413. The molecule has 2 aromatic rings. The second kappa shape index (κ2) is 4.94. The third-order valence-electron chi connectivity index (χ3n) is 3.52. The van der Waals surface area contributed by atoms with Crippen LogP contribution >= 0.6 is 34.8 Å². The zero-order valence-corrected chi connectivity index (χ0v) is 13.1. The largest absolute Gasteiger partial charge is 0.378 e. The molecule has 0 unspecified atom stereocenters. The average Bonchev–Trinajstić information content (AvgIpc) is 2.58. The number of H-pyrrole nitrogens is 1. The molecule has 1 aliphatic carbocycles. The first-order valence-electron chi connectivity index (χ1n) is 6.20. The molecule has 0 amide bonds. The Morgan fingerprint density at radius 3 is 3.00 bits per heavy atom. The Balaban J connectivity index is 1.93. The molecule has 0 saturated heterocycles. The van der Waals surface area contributed by atoms with Crippen molar-refractivity contribution in [2.75, 3.05) is 6.61 Å². The number of halogens is 1. The molecular weight excluding hydrogens is 359 g/mol. The zero-order chi connectivity index (χ0) is 12.7. The molecule has 1 aromatic carbocycles. The van der Waals surface area contributed by atoms with Gasteiger partial charge in [-0.05, 0) is 72.8 Å². The SMILES string of the molecule is CCOC1CC(n2c(=S)[nH]c3cc(I)ccc32)C1. The fourth-order valence-electron chi connectivity index (χ4n) is 2.59. The lowest BCUT2D eigenvalue weighted by Crippen LogP contribution is -2.33. The predicted octanol–water partition coefficient (Wildman–Crippen LogP) is 4.04. The van der Waals surface area contributed by atoms with Crippen LogP contribution in [0, 0.1) is 8.34 Å². The van der Waals surface area contributed by atoms with Gasteiger partial charge in [0.1, 0.15) is 0 Å². The van der Waals surface area contributed by atoms with Gasteiger partial charge in [0.15, 0.2) is 4.77 Å². The Morgan fingerprint density at radius 1 is 1.50 bits per heavy atom. The molecule has 1 N–H and O–H groups in total. The fourth-order valence-corrected chi connectivity index (χ4v) is 3.43. The van der Waals surface area contributed by atoms with Gasteiger partial charge in [-0.2, -0.15) is 0 Å². The first-order chi connectivity index (χ1) is 8.69. The number of hydrogen-bond donors (Lipinski definition) is 1. The Morgan fingerprint density at radius 2 is 2.28 bits per heavy atom. The molecule has 0 radical (unpaired) electrons. The van der Waals surface area contributed by atoms with Gasteiger partial charge in [-0.25, -0.2) is 0 Å². The van der Waals surface area contributed by atoms with Gasteiger partial charge in [0.05, 0.1) is 17.1 Å². The van der Waals surface area contributed by atoms with E-state index in [1.54, 1.807) is 0 Å². The Bertz CT molecular complexity index is 627. The monoisotopic (exact) mass is 374 g/mol. The molecule has 96 valence electrons. The number of imidazole rings is 1. The van der Waals surface area contributed by atoms with Crippen LogP contribution in [0.3, 0.4) is 0 Å². The highest BCUT2D eigenvalue weighted by Crippen LogP contribution is 2.37. The number of benzene rings is 1. The van der Waals surface area contributed by atoms with Crippen LogP contribution in [0.1, 0.15) is 25.8 Å². The first kappa shape index (κ1) is 12.6. The van der Waals surface area contributed by atoms with Gasteiger partial charge in [-0.3, -0.25) is 0 Å². The first-order valence-corrected chi connectivity index (χ1v) is 7.69. The smallest absolute Gasteiger partial charge is 0.178 e. The van der Waals surface area contributed by atoms with Gasteiger partial charge >= 0.3 is 0 Å². The van der Waals surface area contributed by atoms with Crippen molar-refractivity contribution in [1.29, 1.82) is 0 Å². The Labute approximate surface area is 125 Å². The molecule has 1 heterocycles. The van der Waals surface area contributed by atoms with E-state index in [2.05, 4.69) is 50.3 Å². The molecule has 1 saturated carbocycles. The van der Waals surface area contributed by atoms with Gasteiger partial charge in [0.2, 0.25) is 0 Å². The van der Waals surface area contributed by atoms with Crippen molar-refractivity contribution in [1.82, 2.24) is 9.55 Å². The minimum atomic E-state index is 0.413. The van der Waals surface area contributed by atoms with Crippen LogP contribution in [0.5, 0.6) is 0 Å². The average molecular weight is 374 g/mol. The number of aromatic amines is 1. The van der Waals surface area contributed by atoms with Crippen LogP contribution < -0.4 is 0 Å². The van der Waals surface area contributed by atoms with Crippen molar-refractivity contribution in [3.05, 3.63) is 26.5 Å². The lowest BCUT2D eigenvalue weighted by atomic mass is 9.89. The lowest BCUT2D eigenvalue weighted by molar-refractivity contribution is -0.0190. The van der Waals surface area contributed by atoms with Gasteiger partial charge in [-0.15, -0.1) is 0 Å². The normalized spacial score (nSPS) is 23.2. The van der Waals surface area contributed by atoms with Crippen LogP contribution in [-0.4, -0.2) is 22.3 Å². The topological polar surface area (TPSA) is 29.9 Å². The molecule has 3 nitrogen and oxygen atoms in total. The molecule has 18 heavy (non-hydrogen) atoms. The summed E-state index contributed by atoms with van der Waals surface area (Å²) in [6.45, 7) is 2.85. The second-order valence-electron chi connectivity index (χ2n) is 4.66. The zero-order valence-electron chi connectivity index (χ0n) is 10.1. The van der Waals surface area contributed by atoms with Crippen molar-refractivity contribution in [3.63, 3.8) is 0 Å². The molecule has 1 fully saturated rings. The Kier molecular flexibility index (Phi) is 3.46. The van der Waals surface area contributed by atoms with Crippen LogP contribution in [-0.2, 0) is 4.74 Å². The highest BCUT2D eigenvalue weighted by molar-refractivity contribution is 14.1. The third-order valence-corrected chi connectivity index (χ3v) is 4.49. The molecule has 0 bridgehead atoms. The maximum Gasteiger partial charge on any atom is 0.178 e. The molecule has 5 heteroatoms. The van der Waals surface area contributed by atoms with Crippen LogP contribution in [0.2, 0.25) is 0 Å². The van der Waals surface area contributed by atoms with E-state index in [-0.39, 0.29) is 0 Å². The van der Waals surface area contributed by atoms with E-state index in [1.807, 2.05) is 6.92 Å². The van der Waals surface area contributed by atoms with Gasteiger partial charge < -0.3 is 14.3 Å². The molecule has 1 aliphatic rings. The molecular formula is C13H15IN2OS. The third kappa shape index (κ3) is 2.12. The van der Waals surface area contributed by atoms with E-state index in [4.69, 9.17) is 17.0 Å². The molecule has 0 aliphatic heterocycles. The van der Waals surface area contributed by atoms with Crippen molar-refractivity contribution in [2.24, 2.45) is 0 Å². The van der Waals surface area contributed by atoms with Crippen LogP contribution in [0.4, 0.5) is 0 Å². The minimum Gasteiger partial charge on any atom is -0.378 e. The molecule has 0 atom stereocenters. The van der Waals surface area contributed by atoms with E-state index in [1.165, 1.54) is 9.09 Å². The van der Waals surface area contributed by atoms with Crippen molar-refractivity contribution < 1.29 is 4.74 Å². The van der Waals surface area contributed by atoms with Gasteiger partial charge in [0, 0.05) is 16.2 Å². The summed E-state index contributed by atoms with van der Waals surface area (Å²) in [4.78, 5) is 3.30. The van der Waals surface area contributed by atoms with E-state index < -0.39 is 0 Å². The van der Waals surface area contributed by atoms with Crippen LogP contribution in [0.15, 0.2) is 18.2 Å². The summed E-state index contributed by atoms with van der Waals surface area (Å²) < 4.78 is 9.92. The van der Waals surface area contributed by atoms with Crippen molar-refractivity contribution in [3.8, 4) is 0 Å². The highest BCUT2D eigenvalue weighted by Gasteiger charge is 2.32. The fraction of sp³-hybridized carbons (Fsp3) is 0.462. The summed E-state index contributed by atoms with van der Waals surface area (Å²) in [6, 6.07) is 6.90. The maximum atomic E-state index is 5.62. The van der Waals surface area contributed by atoms with E-state index in [9.17, 15) is 0 Å². The summed E-state index contributed by atoms with van der Waals surface area (Å²) in [7, 11) is 0. The highest BCUT2D eigenvalue weighted by atomic mass is 127. The number of nitrogens with zero attached hydrogens (tertiary/aromatic N) is 1. The summed E-state index contributed by atoms with van der Waals surface area (Å²) in [5.74, 6) is 0. The number of nitrogens with one attached hydrogen (secondary N) is 1. The van der Waals surface area contributed by atoms with E-state index >= 15 is 0 Å². The van der Waals surface area contributed by atoms with E-state index in [0.29, 0.717) is 12.1 Å². The quantitative estimate of drug-likeness (QED) is 0.649. The summed E-state index contributed by atoms with van der Waals surface area (Å²) in [5, 5.41) is 0. The summed E-state index contributed by atoms with van der Waals surface area (Å²) in [5.41, 5.74) is 2.34. The van der Waals surface area contributed by atoms with Crippen molar-refractivity contribution >= 4 is 45.8 Å². The number of aromatic nitrogens is 2. The predicted molar refractivity (Wildman–Crippen MR) is 83.5 cm³/mol. The second-order valence-corrected chi connectivity index (χ2v) is 6.30. The summed E-state index contributed by atoms with van der Waals surface area (Å²) >= 11 is 7.76.